The largest absolute Gasteiger partial charge is 0.357 e. The average molecular weight is 296 g/mol. The molecule has 0 radical (unpaired) electrons. The minimum Gasteiger partial charge on any atom is -0.357 e. The lowest BCUT2D eigenvalue weighted by atomic mass is 9.99. The Morgan fingerprint density at radius 2 is 1.95 bits per heavy atom. The maximum absolute atomic E-state index is 5.39. The van der Waals surface area contributed by atoms with E-state index in [0.29, 0.717) is 4.77 Å². The van der Waals surface area contributed by atoms with Crippen molar-refractivity contribution >= 4 is 28.9 Å². The summed E-state index contributed by atoms with van der Waals surface area (Å²) in [6, 6.07) is 12.9. The Bertz CT molecular complexity index is 873. The van der Waals surface area contributed by atoms with Crippen LogP contribution in [0.1, 0.15) is 24.3 Å². The normalized spacial score (nSPS) is 14.5. The number of hydrogen-bond donors (Lipinski definition) is 2. The second-order valence-corrected chi connectivity index (χ2v) is 5.82. The predicted molar refractivity (Wildman–Crippen MR) is 87.8 cm³/mol. The lowest BCUT2D eigenvalue weighted by molar-refractivity contribution is 1.04. The molecule has 1 aliphatic carbocycles. The van der Waals surface area contributed by atoms with Crippen LogP contribution < -0.4 is 5.32 Å². The minimum absolute atomic E-state index is 0.601. The zero-order valence-corrected chi connectivity index (χ0v) is 12.6. The number of fused-ring (bicyclic) bond motifs is 1. The van der Waals surface area contributed by atoms with Crippen molar-refractivity contribution in [2.75, 3.05) is 12.4 Å². The van der Waals surface area contributed by atoms with Gasteiger partial charge in [-0.15, -0.1) is 5.10 Å². The maximum atomic E-state index is 5.39. The summed E-state index contributed by atoms with van der Waals surface area (Å²) in [6.45, 7) is 0. The molecule has 4 nitrogen and oxygen atoms in total. The van der Waals surface area contributed by atoms with Gasteiger partial charge in [0.25, 0.3) is 0 Å². The molecule has 5 heteroatoms. The van der Waals surface area contributed by atoms with Gasteiger partial charge in [-0.25, -0.2) is 5.10 Å². The molecule has 1 saturated carbocycles. The van der Waals surface area contributed by atoms with Gasteiger partial charge in [0.2, 0.25) is 10.7 Å². The Morgan fingerprint density at radius 3 is 2.67 bits per heavy atom. The summed E-state index contributed by atoms with van der Waals surface area (Å²) >= 11 is 5.39. The predicted octanol–water partition coefficient (Wildman–Crippen LogP) is 4.00. The fraction of sp³-hybridized carbons (Fsp3) is 0.250. The van der Waals surface area contributed by atoms with Crippen LogP contribution in [0.2, 0.25) is 0 Å². The molecule has 1 aromatic heterocycles. The number of nitrogens with one attached hydrogen (secondary N) is 2. The standard InChI is InChI=1S/C16H16N4S/c1-17-15-18-19-16(21)20(15)14-9-8-11(10-6-7-10)12-4-2-3-5-13(12)14/h2-5,8-10H,6-7H2,1H3,(H,17,18)(H,19,21). The summed E-state index contributed by atoms with van der Waals surface area (Å²) in [6.07, 6.45) is 2.60. The van der Waals surface area contributed by atoms with Crippen LogP contribution in [0.4, 0.5) is 5.95 Å². The summed E-state index contributed by atoms with van der Waals surface area (Å²) in [4.78, 5) is 0. The number of nitrogens with zero attached hydrogens (tertiary/aromatic N) is 2. The van der Waals surface area contributed by atoms with E-state index in [-0.39, 0.29) is 0 Å². The summed E-state index contributed by atoms with van der Waals surface area (Å²) in [5, 5.41) is 12.7. The average Bonchev–Trinajstić information content (AvgIpc) is 3.29. The molecule has 21 heavy (non-hydrogen) atoms. The van der Waals surface area contributed by atoms with Crippen molar-refractivity contribution in [1.82, 2.24) is 14.8 Å². The lowest BCUT2D eigenvalue weighted by Crippen LogP contribution is -2.02. The van der Waals surface area contributed by atoms with E-state index in [9.17, 15) is 0 Å². The van der Waals surface area contributed by atoms with Crippen LogP contribution >= 0.6 is 12.2 Å². The Kier molecular flexibility index (Phi) is 2.82. The van der Waals surface area contributed by atoms with Crippen LogP contribution in [0.3, 0.4) is 0 Å². The number of rotatable bonds is 3. The zero-order chi connectivity index (χ0) is 14.4. The van der Waals surface area contributed by atoms with Gasteiger partial charge >= 0.3 is 0 Å². The quantitative estimate of drug-likeness (QED) is 0.718. The first-order valence-corrected chi connectivity index (χ1v) is 7.57. The number of anilines is 1. The van der Waals surface area contributed by atoms with Crippen LogP contribution in [0.25, 0.3) is 16.5 Å². The Balaban J connectivity index is 2.04. The van der Waals surface area contributed by atoms with Gasteiger partial charge in [0.05, 0.1) is 5.69 Å². The van der Waals surface area contributed by atoms with Crippen molar-refractivity contribution in [1.29, 1.82) is 0 Å². The fourth-order valence-corrected chi connectivity index (χ4v) is 3.17. The highest BCUT2D eigenvalue weighted by Crippen LogP contribution is 2.44. The van der Waals surface area contributed by atoms with E-state index in [2.05, 4.69) is 51.9 Å². The minimum atomic E-state index is 0.601. The van der Waals surface area contributed by atoms with Crippen LogP contribution in [-0.4, -0.2) is 21.8 Å². The third kappa shape index (κ3) is 1.96. The fourth-order valence-electron chi connectivity index (χ4n) is 2.94. The molecule has 106 valence electrons. The van der Waals surface area contributed by atoms with Gasteiger partial charge < -0.3 is 5.32 Å². The smallest absolute Gasteiger partial charge is 0.227 e. The molecule has 0 bridgehead atoms. The molecule has 0 atom stereocenters. The van der Waals surface area contributed by atoms with Crippen molar-refractivity contribution in [3.8, 4) is 5.69 Å². The SMILES string of the molecule is CNc1n[nH]c(=S)n1-c1ccc(C2CC2)c2ccccc12. The van der Waals surface area contributed by atoms with Crippen LogP contribution in [0.5, 0.6) is 0 Å². The number of aromatic nitrogens is 3. The molecule has 2 N–H and O–H groups in total. The van der Waals surface area contributed by atoms with Crippen molar-refractivity contribution < 1.29 is 0 Å². The number of aromatic amines is 1. The van der Waals surface area contributed by atoms with Gasteiger partial charge in [-0.05, 0) is 48.0 Å². The summed E-state index contributed by atoms with van der Waals surface area (Å²) in [5.74, 6) is 1.45. The Hall–Kier alpha value is -2.14. The van der Waals surface area contributed by atoms with Gasteiger partial charge in [0, 0.05) is 12.4 Å². The number of benzene rings is 2. The molecule has 0 unspecified atom stereocenters. The van der Waals surface area contributed by atoms with Crippen molar-refractivity contribution in [3.05, 3.63) is 46.7 Å². The first-order valence-electron chi connectivity index (χ1n) is 7.17. The van der Waals surface area contributed by atoms with Crippen LogP contribution in [-0.2, 0) is 0 Å². The first-order chi connectivity index (χ1) is 10.3. The van der Waals surface area contributed by atoms with Crippen LogP contribution in [0, 0.1) is 4.77 Å². The van der Waals surface area contributed by atoms with E-state index in [0.717, 1.165) is 17.6 Å². The highest BCUT2D eigenvalue weighted by Gasteiger charge is 2.26. The first kappa shape index (κ1) is 12.6. The Labute approximate surface area is 127 Å². The molecule has 1 heterocycles. The Morgan fingerprint density at radius 1 is 1.19 bits per heavy atom. The summed E-state index contributed by atoms with van der Waals surface area (Å²) in [7, 11) is 1.85. The van der Waals surface area contributed by atoms with Gasteiger partial charge in [-0.2, -0.15) is 0 Å². The van der Waals surface area contributed by atoms with E-state index in [4.69, 9.17) is 12.2 Å². The van der Waals surface area contributed by atoms with Crippen molar-refractivity contribution in [3.63, 3.8) is 0 Å². The molecule has 4 rings (SSSR count). The summed E-state index contributed by atoms with van der Waals surface area (Å²) in [5.41, 5.74) is 2.52. The molecule has 0 spiro atoms. The van der Waals surface area contributed by atoms with E-state index in [1.807, 2.05) is 11.6 Å². The molecule has 0 aliphatic heterocycles. The van der Waals surface area contributed by atoms with Gasteiger partial charge in [0.15, 0.2) is 0 Å². The van der Waals surface area contributed by atoms with Crippen molar-refractivity contribution in [2.45, 2.75) is 18.8 Å². The molecule has 3 aromatic rings. The highest BCUT2D eigenvalue weighted by atomic mass is 32.1. The third-order valence-electron chi connectivity index (χ3n) is 4.09. The van der Waals surface area contributed by atoms with Gasteiger partial charge in [0.1, 0.15) is 0 Å². The van der Waals surface area contributed by atoms with E-state index < -0.39 is 0 Å². The number of hydrogen-bond acceptors (Lipinski definition) is 3. The second-order valence-electron chi connectivity index (χ2n) is 5.43. The molecular weight excluding hydrogens is 280 g/mol. The molecule has 1 aliphatic rings. The molecule has 0 amide bonds. The monoisotopic (exact) mass is 296 g/mol. The van der Waals surface area contributed by atoms with Crippen LogP contribution in [0.15, 0.2) is 36.4 Å². The molecular formula is C16H16N4S. The molecule has 1 fully saturated rings. The van der Waals surface area contributed by atoms with E-state index >= 15 is 0 Å². The third-order valence-corrected chi connectivity index (χ3v) is 4.36. The zero-order valence-electron chi connectivity index (χ0n) is 11.8. The van der Waals surface area contributed by atoms with E-state index in [1.165, 1.54) is 29.2 Å². The second kappa shape index (κ2) is 4.70. The highest BCUT2D eigenvalue weighted by molar-refractivity contribution is 7.71. The van der Waals surface area contributed by atoms with Crippen molar-refractivity contribution in [2.24, 2.45) is 0 Å². The topological polar surface area (TPSA) is 45.6 Å². The van der Waals surface area contributed by atoms with Gasteiger partial charge in [-0.3, -0.25) is 4.57 Å². The van der Waals surface area contributed by atoms with E-state index in [1.54, 1.807) is 0 Å². The maximum Gasteiger partial charge on any atom is 0.227 e. The molecule has 2 aromatic carbocycles. The lowest BCUT2D eigenvalue weighted by Gasteiger charge is -2.13. The summed E-state index contributed by atoms with van der Waals surface area (Å²) < 4.78 is 2.55. The molecule has 0 saturated heterocycles. The number of H-pyrrole nitrogens is 1. The van der Waals surface area contributed by atoms with Gasteiger partial charge in [-0.1, -0.05) is 30.3 Å².